The molecule has 0 saturated carbocycles. The van der Waals surface area contributed by atoms with E-state index in [9.17, 15) is 4.79 Å². The summed E-state index contributed by atoms with van der Waals surface area (Å²) in [5, 5.41) is 3.45. The third kappa shape index (κ3) is 3.82. The van der Waals surface area contributed by atoms with Crippen molar-refractivity contribution in [2.75, 3.05) is 7.11 Å². The Balaban J connectivity index is 2.21. The molecule has 0 aliphatic heterocycles. The highest BCUT2D eigenvalue weighted by molar-refractivity contribution is 5.79. The van der Waals surface area contributed by atoms with Crippen LogP contribution < -0.4 is 10.6 Å². The van der Waals surface area contributed by atoms with Gasteiger partial charge in [-0.15, -0.1) is 0 Å². The van der Waals surface area contributed by atoms with Crippen molar-refractivity contribution in [2.24, 2.45) is 10.9 Å². The summed E-state index contributed by atoms with van der Waals surface area (Å²) in [4.78, 5) is 11.9. The van der Waals surface area contributed by atoms with Crippen LogP contribution in [0.15, 0.2) is 59.7 Å². The van der Waals surface area contributed by atoms with E-state index in [4.69, 9.17) is 15.3 Å². The molecule has 5 nitrogen and oxygen atoms in total. The molecular weight excluding hydrogens is 268 g/mol. The van der Waals surface area contributed by atoms with E-state index in [-0.39, 0.29) is 0 Å². The van der Waals surface area contributed by atoms with E-state index < -0.39 is 12.1 Å². The maximum absolute atomic E-state index is 11.9. The second kappa shape index (κ2) is 7.09. The third-order valence-corrected chi connectivity index (χ3v) is 2.88. The largest absolute Gasteiger partial charge is 0.474 e. The van der Waals surface area contributed by atoms with Crippen molar-refractivity contribution in [3.05, 3.63) is 65.7 Å². The van der Waals surface area contributed by atoms with Crippen molar-refractivity contribution in [1.29, 1.82) is 0 Å². The molecule has 1 unspecified atom stereocenters. The van der Waals surface area contributed by atoms with Gasteiger partial charge in [0.2, 0.25) is 6.10 Å². The molecule has 0 fully saturated rings. The second-order valence-corrected chi connectivity index (χ2v) is 4.28. The van der Waals surface area contributed by atoms with Crippen LogP contribution in [0.2, 0.25) is 0 Å². The zero-order valence-electron chi connectivity index (χ0n) is 11.6. The Hall–Kier alpha value is -2.82. The van der Waals surface area contributed by atoms with Crippen LogP contribution in [-0.2, 0) is 9.53 Å². The molecule has 2 rings (SSSR count). The standard InChI is InChI=1S/C16H16N2O3/c1-20-16(19)15(13-5-3-2-4-6-13)21-14-9-7-12(8-10-14)11-18-17/h2-11,15H,17H2,1H3. The van der Waals surface area contributed by atoms with Gasteiger partial charge in [-0.25, -0.2) is 4.79 Å². The summed E-state index contributed by atoms with van der Waals surface area (Å²) in [6, 6.07) is 16.3. The molecule has 21 heavy (non-hydrogen) atoms. The number of nitrogens with two attached hydrogens (primary N) is 1. The number of hydrogen-bond donors (Lipinski definition) is 1. The van der Waals surface area contributed by atoms with Gasteiger partial charge in [0, 0.05) is 5.56 Å². The van der Waals surface area contributed by atoms with Gasteiger partial charge in [-0.2, -0.15) is 5.10 Å². The molecule has 2 aromatic carbocycles. The lowest BCUT2D eigenvalue weighted by Gasteiger charge is -2.17. The van der Waals surface area contributed by atoms with Crippen LogP contribution in [0.1, 0.15) is 17.2 Å². The average Bonchev–Trinajstić information content (AvgIpc) is 2.54. The van der Waals surface area contributed by atoms with Crippen molar-refractivity contribution < 1.29 is 14.3 Å². The van der Waals surface area contributed by atoms with E-state index in [1.807, 2.05) is 30.3 Å². The van der Waals surface area contributed by atoms with Gasteiger partial charge >= 0.3 is 5.97 Å². The highest BCUT2D eigenvalue weighted by atomic mass is 16.6. The Morgan fingerprint density at radius 2 is 1.81 bits per heavy atom. The first-order chi connectivity index (χ1) is 10.2. The summed E-state index contributed by atoms with van der Waals surface area (Å²) < 4.78 is 10.5. The topological polar surface area (TPSA) is 73.9 Å². The summed E-state index contributed by atoms with van der Waals surface area (Å²) in [5.41, 5.74) is 1.58. The fourth-order valence-corrected chi connectivity index (χ4v) is 1.84. The molecule has 0 spiro atoms. The minimum Gasteiger partial charge on any atom is -0.474 e. The summed E-state index contributed by atoms with van der Waals surface area (Å²) in [7, 11) is 1.34. The Morgan fingerprint density at radius 1 is 1.14 bits per heavy atom. The molecular formula is C16H16N2O3. The first-order valence-electron chi connectivity index (χ1n) is 6.37. The third-order valence-electron chi connectivity index (χ3n) is 2.88. The van der Waals surface area contributed by atoms with Crippen LogP contribution in [0.25, 0.3) is 0 Å². The summed E-state index contributed by atoms with van der Waals surface area (Å²) in [6.07, 6.45) is 0.726. The monoisotopic (exact) mass is 284 g/mol. The minimum absolute atomic E-state index is 0.450. The minimum atomic E-state index is -0.801. The Kier molecular flexibility index (Phi) is 4.93. The fraction of sp³-hybridized carbons (Fsp3) is 0.125. The lowest BCUT2D eigenvalue weighted by molar-refractivity contribution is -0.149. The zero-order chi connectivity index (χ0) is 15.1. The van der Waals surface area contributed by atoms with Gasteiger partial charge in [-0.3, -0.25) is 0 Å². The molecule has 0 aromatic heterocycles. The molecule has 0 heterocycles. The molecule has 0 saturated heterocycles. The smallest absolute Gasteiger partial charge is 0.351 e. The predicted octanol–water partition coefficient (Wildman–Crippen LogP) is 2.27. The lowest BCUT2D eigenvalue weighted by atomic mass is 10.1. The van der Waals surface area contributed by atoms with E-state index in [1.54, 1.807) is 24.3 Å². The molecule has 108 valence electrons. The number of rotatable bonds is 5. The number of carbonyl (C=O) groups is 1. The van der Waals surface area contributed by atoms with Gasteiger partial charge in [0.25, 0.3) is 0 Å². The molecule has 5 heteroatoms. The van der Waals surface area contributed by atoms with Crippen LogP contribution in [0, 0.1) is 0 Å². The van der Waals surface area contributed by atoms with E-state index in [0.29, 0.717) is 5.75 Å². The van der Waals surface area contributed by atoms with Crippen molar-refractivity contribution in [2.45, 2.75) is 6.10 Å². The van der Waals surface area contributed by atoms with E-state index in [0.717, 1.165) is 11.1 Å². The summed E-state index contributed by atoms with van der Waals surface area (Å²) in [6.45, 7) is 0. The van der Waals surface area contributed by atoms with Gasteiger partial charge in [-0.1, -0.05) is 30.3 Å². The van der Waals surface area contributed by atoms with Crippen molar-refractivity contribution in [3.8, 4) is 5.75 Å². The van der Waals surface area contributed by atoms with Crippen molar-refractivity contribution >= 4 is 12.2 Å². The Labute approximate surface area is 123 Å². The van der Waals surface area contributed by atoms with Crippen LogP contribution in [0.5, 0.6) is 5.75 Å². The van der Waals surface area contributed by atoms with Gasteiger partial charge < -0.3 is 15.3 Å². The van der Waals surface area contributed by atoms with E-state index >= 15 is 0 Å². The van der Waals surface area contributed by atoms with Crippen LogP contribution >= 0.6 is 0 Å². The van der Waals surface area contributed by atoms with E-state index in [2.05, 4.69) is 5.10 Å². The Morgan fingerprint density at radius 3 is 2.38 bits per heavy atom. The summed E-state index contributed by atoms with van der Waals surface area (Å²) in [5.74, 6) is 5.20. The maximum atomic E-state index is 11.9. The molecule has 1 atom stereocenters. The molecule has 0 amide bonds. The van der Waals surface area contributed by atoms with E-state index in [1.165, 1.54) is 13.3 Å². The number of esters is 1. The van der Waals surface area contributed by atoms with Crippen LogP contribution in [-0.4, -0.2) is 19.3 Å². The van der Waals surface area contributed by atoms with Crippen molar-refractivity contribution in [1.82, 2.24) is 0 Å². The Bertz CT molecular complexity index is 609. The predicted molar refractivity (Wildman–Crippen MR) is 80.1 cm³/mol. The number of methoxy groups -OCH3 is 1. The molecule has 0 aliphatic rings. The highest BCUT2D eigenvalue weighted by Crippen LogP contribution is 2.23. The first kappa shape index (κ1) is 14.6. The number of nitrogens with zero attached hydrogens (tertiary/aromatic N) is 1. The van der Waals surface area contributed by atoms with Gasteiger partial charge in [0.1, 0.15) is 5.75 Å². The van der Waals surface area contributed by atoms with Gasteiger partial charge in [0.15, 0.2) is 0 Å². The highest BCUT2D eigenvalue weighted by Gasteiger charge is 2.23. The molecule has 2 N–H and O–H groups in total. The number of hydrogen-bond acceptors (Lipinski definition) is 5. The number of benzene rings is 2. The first-order valence-corrected chi connectivity index (χ1v) is 6.37. The van der Waals surface area contributed by atoms with Gasteiger partial charge in [0.05, 0.1) is 13.3 Å². The fourth-order valence-electron chi connectivity index (χ4n) is 1.84. The number of hydrazone groups is 1. The second-order valence-electron chi connectivity index (χ2n) is 4.28. The number of ether oxygens (including phenoxy) is 2. The quantitative estimate of drug-likeness (QED) is 0.395. The molecule has 2 aromatic rings. The normalized spacial score (nSPS) is 12.0. The maximum Gasteiger partial charge on any atom is 0.351 e. The van der Waals surface area contributed by atoms with Crippen molar-refractivity contribution in [3.63, 3.8) is 0 Å². The average molecular weight is 284 g/mol. The molecule has 0 bridgehead atoms. The molecule has 0 radical (unpaired) electrons. The SMILES string of the molecule is COC(=O)C(Oc1ccc(C=NN)cc1)c1ccccc1. The van der Waals surface area contributed by atoms with Gasteiger partial charge in [-0.05, 0) is 29.8 Å². The van der Waals surface area contributed by atoms with Crippen LogP contribution in [0.3, 0.4) is 0 Å². The molecule has 0 aliphatic carbocycles. The number of carbonyl (C=O) groups excluding carboxylic acids is 1. The lowest BCUT2D eigenvalue weighted by Crippen LogP contribution is -2.20. The summed E-state index contributed by atoms with van der Waals surface area (Å²) >= 11 is 0. The zero-order valence-corrected chi connectivity index (χ0v) is 11.6. The van der Waals surface area contributed by atoms with Crippen LogP contribution in [0.4, 0.5) is 0 Å².